The van der Waals surface area contributed by atoms with Crippen molar-refractivity contribution >= 4 is 12.0 Å². The van der Waals surface area contributed by atoms with Crippen LogP contribution in [0.4, 0.5) is 4.79 Å². The van der Waals surface area contributed by atoms with Crippen LogP contribution in [0.1, 0.15) is 32.3 Å². The number of nitrogens with zero attached hydrogens (tertiary/aromatic N) is 1. The highest BCUT2D eigenvalue weighted by Crippen LogP contribution is 2.35. The number of amides is 2. The molecule has 0 aromatic heterocycles. The van der Waals surface area contributed by atoms with Gasteiger partial charge in [0.05, 0.1) is 6.54 Å². The second-order valence-corrected chi connectivity index (χ2v) is 5.74. The number of rotatable bonds is 8. The lowest BCUT2D eigenvalue weighted by atomic mass is 10.2. The first-order valence-electron chi connectivity index (χ1n) is 8.03. The summed E-state index contributed by atoms with van der Waals surface area (Å²) in [6, 6.07) is 7.52. The Balaban J connectivity index is 1.80. The maximum atomic E-state index is 12.2. The molecule has 23 heavy (non-hydrogen) atoms. The highest BCUT2D eigenvalue weighted by Gasteiger charge is 2.52. The molecule has 0 spiro atoms. The molecule has 0 heterocycles. The van der Waals surface area contributed by atoms with Gasteiger partial charge in [-0.25, -0.2) is 9.59 Å². The lowest BCUT2D eigenvalue weighted by molar-refractivity contribution is -0.140. The Labute approximate surface area is 136 Å². The van der Waals surface area contributed by atoms with Crippen LogP contribution in [0.25, 0.3) is 0 Å². The van der Waals surface area contributed by atoms with Gasteiger partial charge in [-0.15, -0.1) is 0 Å². The predicted molar refractivity (Wildman–Crippen MR) is 86.7 cm³/mol. The molecule has 0 saturated heterocycles. The third kappa shape index (κ3) is 4.37. The van der Waals surface area contributed by atoms with Crippen LogP contribution in [0, 0.1) is 0 Å². The molecule has 0 atom stereocenters. The molecule has 2 N–H and O–H groups in total. The first-order chi connectivity index (χ1) is 11.0. The monoisotopic (exact) mass is 320 g/mol. The van der Waals surface area contributed by atoms with E-state index in [9.17, 15) is 9.59 Å². The van der Waals surface area contributed by atoms with Gasteiger partial charge in [-0.2, -0.15) is 0 Å². The van der Waals surface area contributed by atoms with Gasteiger partial charge in [0, 0.05) is 6.54 Å². The Bertz CT molecular complexity index is 552. The third-order valence-corrected chi connectivity index (χ3v) is 4.14. The molecule has 0 bridgehead atoms. The van der Waals surface area contributed by atoms with Crippen LogP contribution < -0.4 is 10.1 Å². The van der Waals surface area contributed by atoms with Gasteiger partial charge < -0.3 is 20.1 Å². The summed E-state index contributed by atoms with van der Waals surface area (Å²) < 4.78 is 5.64. The largest absolute Gasteiger partial charge is 0.492 e. The number of carboxylic acids is 1. The molecule has 2 rings (SSSR count). The number of ether oxygens (including phenoxy) is 1. The number of carbonyl (C=O) groups is 2. The molecule has 1 fully saturated rings. The van der Waals surface area contributed by atoms with E-state index in [-0.39, 0.29) is 6.03 Å². The fraction of sp³-hybridized carbons (Fsp3) is 0.529. The van der Waals surface area contributed by atoms with Gasteiger partial charge in [-0.05, 0) is 43.9 Å². The van der Waals surface area contributed by atoms with E-state index in [2.05, 4.69) is 12.2 Å². The second kappa shape index (κ2) is 7.35. The molecule has 1 saturated carbocycles. The first-order valence-corrected chi connectivity index (χ1v) is 8.03. The summed E-state index contributed by atoms with van der Waals surface area (Å²) in [7, 11) is 0. The van der Waals surface area contributed by atoms with E-state index in [4.69, 9.17) is 9.84 Å². The van der Waals surface area contributed by atoms with E-state index in [1.807, 2.05) is 31.2 Å². The fourth-order valence-electron chi connectivity index (χ4n) is 2.30. The summed E-state index contributed by atoms with van der Waals surface area (Å²) in [5.74, 6) is -0.197. The number of aliphatic carboxylic acids is 1. The molecule has 1 aliphatic carbocycles. The van der Waals surface area contributed by atoms with Crippen LogP contribution >= 0.6 is 0 Å². The van der Waals surface area contributed by atoms with Crippen molar-refractivity contribution in [3.63, 3.8) is 0 Å². The van der Waals surface area contributed by atoms with Crippen LogP contribution in [0.5, 0.6) is 5.75 Å². The minimum absolute atomic E-state index is 0.350. The Morgan fingerprint density at radius 3 is 2.39 bits per heavy atom. The summed E-state index contributed by atoms with van der Waals surface area (Å²) in [5, 5.41) is 11.7. The summed E-state index contributed by atoms with van der Waals surface area (Å²) in [5.41, 5.74) is 0.191. The number of likely N-dealkylation sites (N-methyl/N-ethyl adjacent to an activating group) is 1. The van der Waals surface area contributed by atoms with Gasteiger partial charge in [0.1, 0.15) is 17.9 Å². The summed E-state index contributed by atoms with van der Waals surface area (Å²) in [6.45, 7) is 5.23. The van der Waals surface area contributed by atoms with E-state index in [0.29, 0.717) is 32.5 Å². The number of aryl methyl sites for hydroxylation is 1. The number of carbonyl (C=O) groups excluding carboxylic acids is 1. The fourth-order valence-corrected chi connectivity index (χ4v) is 2.30. The number of benzene rings is 1. The van der Waals surface area contributed by atoms with E-state index in [1.165, 1.54) is 5.56 Å². The normalized spacial score (nSPS) is 14.9. The van der Waals surface area contributed by atoms with Crippen LogP contribution in [-0.4, -0.2) is 47.2 Å². The van der Waals surface area contributed by atoms with Gasteiger partial charge in [0.15, 0.2) is 0 Å². The molecule has 1 aromatic carbocycles. The molecule has 1 aliphatic rings. The number of nitrogens with one attached hydrogen (secondary N) is 1. The molecule has 6 heteroatoms. The molecule has 6 nitrogen and oxygen atoms in total. The zero-order chi connectivity index (χ0) is 16.9. The number of urea groups is 1. The Kier molecular flexibility index (Phi) is 5.47. The number of hydrogen-bond donors (Lipinski definition) is 2. The van der Waals surface area contributed by atoms with Gasteiger partial charge in [0.2, 0.25) is 0 Å². The van der Waals surface area contributed by atoms with E-state index >= 15 is 0 Å². The van der Waals surface area contributed by atoms with Crippen molar-refractivity contribution in [1.82, 2.24) is 10.2 Å². The average molecular weight is 320 g/mol. The Morgan fingerprint density at radius 2 is 1.91 bits per heavy atom. The summed E-state index contributed by atoms with van der Waals surface area (Å²) in [4.78, 5) is 24.8. The van der Waals surface area contributed by atoms with E-state index in [1.54, 1.807) is 4.90 Å². The Morgan fingerprint density at radius 1 is 1.26 bits per heavy atom. The topological polar surface area (TPSA) is 78.9 Å². The van der Waals surface area contributed by atoms with Crippen LogP contribution in [0.2, 0.25) is 0 Å². The highest BCUT2D eigenvalue weighted by atomic mass is 16.5. The maximum absolute atomic E-state index is 12.2. The highest BCUT2D eigenvalue weighted by molar-refractivity contribution is 5.88. The van der Waals surface area contributed by atoms with Crippen molar-refractivity contribution in [3.05, 3.63) is 29.8 Å². The minimum Gasteiger partial charge on any atom is -0.492 e. The van der Waals surface area contributed by atoms with Crippen LogP contribution in [-0.2, 0) is 11.2 Å². The molecule has 126 valence electrons. The average Bonchev–Trinajstić information content (AvgIpc) is 3.33. The number of hydrogen-bond acceptors (Lipinski definition) is 3. The van der Waals surface area contributed by atoms with Crippen molar-refractivity contribution in [3.8, 4) is 5.75 Å². The molecule has 0 radical (unpaired) electrons. The van der Waals surface area contributed by atoms with E-state index in [0.717, 1.165) is 12.2 Å². The molecular weight excluding hydrogens is 296 g/mol. The van der Waals surface area contributed by atoms with Crippen LogP contribution in [0.15, 0.2) is 24.3 Å². The predicted octanol–water partition coefficient (Wildman–Crippen LogP) is 2.28. The Hall–Kier alpha value is -2.24. The van der Waals surface area contributed by atoms with Crippen molar-refractivity contribution in [2.45, 2.75) is 38.6 Å². The van der Waals surface area contributed by atoms with Crippen molar-refractivity contribution in [1.29, 1.82) is 0 Å². The maximum Gasteiger partial charge on any atom is 0.329 e. The van der Waals surface area contributed by atoms with Crippen molar-refractivity contribution in [2.24, 2.45) is 0 Å². The number of carboxylic acid groups (broad SMARTS) is 1. The lowest BCUT2D eigenvalue weighted by Crippen LogP contribution is -2.50. The third-order valence-electron chi connectivity index (χ3n) is 4.14. The first kappa shape index (κ1) is 17.1. The zero-order valence-corrected chi connectivity index (χ0v) is 13.7. The molecule has 1 aromatic rings. The standard InChI is InChI=1S/C17H24N2O4/c1-3-13-5-7-14(8-6-13)23-12-11-19(4-2)16(22)18-17(9-10-17)15(20)21/h5-8H,3-4,9-12H2,1-2H3,(H,18,22)(H,20,21). The molecular formula is C17H24N2O4. The summed E-state index contributed by atoms with van der Waals surface area (Å²) in [6.07, 6.45) is 1.97. The SMILES string of the molecule is CCc1ccc(OCCN(CC)C(=O)NC2(C(=O)O)CC2)cc1. The molecule has 0 aliphatic heterocycles. The molecule has 2 amide bonds. The summed E-state index contributed by atoms with van der Waals surface area (Å²) >= 11 is 0. The molecule has 0 unspecified atom stereocenters. The van der Waals surface area contributed by atoms with Gasteiger partial charge in [0.25, 0.3) is 0 Å². The van der Waals surface area contributed by atoms with Gasteiger partial charge in [-0.1, -0.05) is 19.1 Å². The minimum atomic E-state index is -1.05. The van der Waals surface area contributed by atoms with Crippen LogP contribution in [0.3, 0.4) is 0 Å². The van der Waals surface area contributed by atoms with Crippen molar-refractivity contribution < 1.29 is 19.4 Å². The lowest BCUT2D eigenvalue weighted by Gasteiger charge is -2.23. The zero-order valence-electron chi connectivity index (χ0n) is 13.7. The van der Waals surface area contributed by atoms with Gasteiger partial charge in [-0.3, -0.25) is 0 Å². The van der Waals surface area contributed by atoms with E-state index < -0.39 is 11.5 Å². The van der Waals surface area contributed by atoms with Crippen molar-refractivity contribution in [2.75, 3.05) is 19.7 Å². The smallest absolute Gasteiger partial charge is 0.329 e. The quantitative estimate of drug-likeness (QED) is 0.770. The van der Waals surface area contributed by atoms with Gasteiger partial charge >= 0.3 is 12.0 Å². The second-order valence-electron chi connectivity index (χ2n) is 5.74.